The molecule has 1 fully saturated rings. The number of carbonyl (C=O) groups is 1. The molecule has 1 N–H and O–H groups in total. The van der Waals surface area contributed by atoms with E-state index < -0.39 is 0 Å². The minimum atomic E-state index is -0.277. The Bertz CT molecular complexity index is 972. The molecule has 0 unspecified atom stereocenters. The van der Waals surface area contributed by atoms with Crippen molar-refractivity contribution in [1.82, 2.24) is 15.2 Å². The smallest absolute Gasteiger partial charge is 0.317 e. The van der Waals surface area contributed by atoms with E-state index in [2.05, 4.69) is 36.3 Å². The van der Waals surface area contributed by atoms with Crippen LogP contribution in [0.1, 0.15) is 29.5 Å². The zero-order valence-corrected chi connectivity index (χ0v) is 17.4. The van der Waals surface area contributed by atoms with Crippen LogP contribution < -0.4 is 10.1 Å². The topological polar surface area (TPSA) is 54.5 Å². The lowest BCUT2D eigenvalue weighted by molar-refractivity contribution is 0.111. The molecule has 0 aliphatic carbocycles. The number of benzene rings is 2. The molecule has 29 heavy (non-hydrogen) atoms. The minimum absolute atomic E-state index is 0.0670. The van der Waals surface area contributed by atoms with Crippen LogP contribution in [0.3, 0.4) is 0 Å². The van der Waals surface area contributed by atoms with Gasteiger partial charge in [0.1, 0.15) is 11.9 Å². The highest BCUT2D eigenvalue weighted by Crippen LogP contribution is 2.33. The number of hydrogen-bond donors (Lipinski definition) is 1. The van der Waals surface area contributed by atoms with E-state index in [1.807, 2.05) is 0 Å². The van der Waals surface area contributed by atoms with Crippen molar-refractivity contribution >= 4 is 27.6 Å². The molecule has 152 valence electrons. The fraction of sp³-hybridized carbons (Fsp3) is 0.364. The largest absolute Gasteiger partial charge is 0.467 e. The van der Waals surface area contributed by atoms with Crippen molar-refractivity contribution < 1.29 is 13.9 Å². The maximum Gasteiger partial charge on any atom is 0.317 e. The molecule has 4 rings (SSSR count). The van der Waals surface area contributed by atoms with Gasteiger partial charge in [0.05, 0.1) is 10.2 Å². The quantitative estimate of drug-likeness (QED) is 0.668. The van der Waals surface area contributed by atoms with Crippen LogP contribution in [0.4, 0.5) is 9.18 Å². The van der Waals surface area contributed by atoms with Crippen LogP contribution in [0.25, 0.3) is 10.2 Å². The van der Waals surface area contributed by atoms with Crippen molar-refractivity contribution in [2.24, 2.45) is 0 Å². The first-order valence-electron chi connectivity index (χ1n) is 9.80. The van der Waals surface area contributed by atoms with Crippen LogP contribution >= 0.6 is 11.3 Å². The lowest BCUT2D eigenvalue weighted by Gasteiger charge is -2.31. The molecule has 2 aromatic carbocycles. The van der Waals surface area contributed by atoms with Crippen molar-refractivity contribution in [3.63, 3.8) is 0 Å². The van der Waals surface area contributed by atoms with Gasteiger partial charge in [0.2, 0.25) is 0 Å². The number of amides is 2. The first kappa shape index (κ1) is 19.6. The summed E-state index contributed by atoms with van der Waals surface area (Å²) >= 11 is 1.59. The van der Waals surface area contributed by atoms with Gasteiger partial charge in [0.25, 0.3) is 5.19 Å². The first-order valence-corrected chi connectivity index (χ1v) is 10.6. The summed E-state index contributed by atoms with van der Waals surface area (Å²) in [6, 6.07) is 10.3. The minimum Gasteiger partial charge on any atom is -0.467 e. The number of thiazole rings is 1. The summed E-state index contributed by atoms with van der Waals surface area (Å²) < 4.78 is 20.3. The van der Waals surface area contributed by atoms with Gasteiger partial charge in [0, 0.05) is 32.5 Å². The Kier molecular flexibility index (Phi) is 5.67. The number of likely N-dealkylation sites (tertiary alicyclic amines) is 1. The highest BCUT2D eigenvalue weighted by molar-refractivity contribution is 7.20. The molecule has 3 aromatic rings. The van der Waals surface area contributed by atoms with Crippen molar-refractivity contribution in [3.05, 3.63) is 58.9 Å². The summed E-state index contributed by atoms with van der Waals surface area (Å²) in [6.45, 7) is 5.83. The number of rotatable bonds is 4. The second-order valence-electron chi connectivity index (χ2n) is 7.45. The number of aryl methyl sites for hydroxylation is 2. The molecule has 5 nitrogen and oxygen atoms in total. The number of nitrogens with zero attached hydrogens (tertiary/aromatic N) is 2. The van der Waals surface area contributed by atoms with Crippen molar-refractivity contribution in [2.75, 3.05) is 13.1 Å². The average molecular weight is 414 g/mol. The van der Waals surface area contributed by atoms with Gasteiger partial charge in [-0.25, -0.2) is 14.2 Å². The van der Waals surface area contributed by atoms with Crippen LogP contribution in [0.5, 0.6) is 5.19 Å². The zero-order chi connectivity index (χ0) is 20.4. The number of urea groups is 1. The Morgan fingerprint density at radius 2 is 1.86 bits per heavy atom. The van der Waals surface area contributed by atoms with E-state index in [-0.39, 0.29) is 18.0 Å². The van der Waals surface area contributed by atoms with E-state index in [9.17, 15) is 9.18 Å². The standard InChI is InChI=1S/C22H24FN3O2S/c1-14-3-4-15(2)20-19(14)25-22(29-20)28-18-9-11-26(12-10-18)21(27)24-13-16-5-7-17(23)8-6-16/h3-8,18H,9-13H2,1-2H3,(H,24,27). The third-order valence-electron chi connectivity index (χ3n) is 5.28. The van der Waals surface area contributed by atoms with Crippen LogP contribution in [0, 0.1) is 19.7 Å². The summed E-state index contributed by atoms with van der Waals surface area (Å²) in [7, 11) is 0. The Labute approximate surface area is 173 Å². The van der Waals surface area contributed by atoms with Gasteiger partial charge in [-0.2, -0.15) is 0 Å². The van der Waals surface area contributed by atoms with Crippen molar-refractivity contribution in [3.8, 4) is 5.19 Å². The molecule has 0 atom stereocenters. The van der Waals surface area contributed by atoms with E-state index in [0.29, 0.717) is 24.8 Å². The monoisotopic (exact) mass is 413 g/mol. The lowest BCUT2D eigenvalue weighted by Crippen LogP contribution is -2.46. The number of aromatic nitrogens is 1. The van der Waals surface area contributed by atoms with E-state index in [1.54, 1.807) is 28.4 Å². The van der Waals surface area contributed by atoms with Crippen LogP contribution in [0.15, 0.2) is 36.4 Å². The van der Waals surface area contributed by atoms with E-state index in [1.165, 1.54) is 22.4 Å². The van der Waals surface area contributed by atoms with E-state index in [0.717, 1.165) is 29.5 Å². The summed E-state index contributed by atoms with van der Waals surface area (Å²) in [4.78, 5) is 18.9. The molecule has 0 bridgehead atoms. The highest BCUT2D eigenvalue weighted by atomic mass is 32.1. The van der Waals surface area contributed by atoms with Gasteiger partial charge in [-0.15, -0.1) is 0 Å². The number of piperidine rings is 1. The third-order valence-corrected chi connectivity index (χ3v) is 6.36. The molecule has 1 saturated heterocycles. The van der Waals surface area contributed by atoms with E-state index in [4.69, 9.17) is 4.74 Å². The first-order chi connectivity index (χ1) is 14.0. The molecule has 1 aliphatic rings. The highest BCUT2D eigenvalue weighted by Gasteiger charge is 2.25. The summed E-state index contributed by atoms with van der Waals surface area (Å²) in [5, 5.41) is 3.60. The number of ether oxygens (including phenoxy) is 1. The third kappa shape index (κ3) is 4.50. The van der Waals surface area contributed by atoms with Gasteiger partial charge < -0.3 is 15.0 Å². The summed E-state index contributed by atoms with van der Waals surface area (Å²) in [5.41, 5.74) is 4.26. The maximum atomic E-state index is 13.0. The fourth-order valence-electron chi connectivity index (χ4n) is 3.50. The maximum absolute atomic E-state index is 13.0. The van der Waals surface area contributed by atoms with Gasteiger partial charge in [-0.3, -0.25) is 0 Å². The molecule has 0 saturated carbocycles. The predicted molar refractivity (Wildman–Crippen MR) is 113 cm³/mol. The lowest BCUT2D eigenvalue weighted by atomic mass is 10.1. The second kappa shape index (κ2) is 8.37. The molecule has 0 radical (unpaired) electrons. The average Bonchev–Trinajstić information content (AvgIpc) is 3.16. The molecule has 7 heteroatoms. The van der Waals surface area contributed by atoms with Gasteiger partial charge in [-0.1, -0.05) is 35.6 Å². The number of carbonyl (C=O) groups excluding carboxylic acids is 1. The van der Waals surface area contributed by atoms with Crippen LogP contribution in [-0.2, 0) is 6.54 Å². The molecule has 2 amide bonds. The SMILES string of the molecule is Cc1ccc(C)c2sc(OC3CCN(C(=O)NCc4ccc(F)cc4)CC3)nc12. The Hall–Kier alpha value is -2.67. The molecule has 2 heterocycles. The van der Waals surface area contributed by atoms with Gasteiger partial charge >= 0.3 is 6.03 Å². The predicted octanol–water partition coefficient (Wildman–Crippen LogP) is 4.81. The van der Waals surface area contributed by atoms with Gasteiger partial charge in [0.15, 0.2) is 0 Å². The summed E-state index contributed by atoms with van der Waals surface area (Å²) in [6.07, 6.45) is 1.62. The zero-order valence-electron chi connectivity index (χ0n) is 16.6. The Morgan fingerprint density at radius 3 is 2.55 bits per heavy atom. The Balaban J connectivity index is 1.29. The number of fused-ring (bicyclic) bond motifs is 1. The van der Waals surface area contributed by atoms with E-state index >= 15 is 0 Å². The molecular formula is C22H24FN3O2S. The van der Waals surface area contributed by atoms with Crippen LogP contribution in [-0.4, -0.2) is 35.1 Å². The normalized spacial score (nSPS) is 14.9. The summed E-state index contributed by atoms with van der Waals surface area (Å²) in [5.74, 6) is -0.277. The molecular weight excluding hydrogens is 389 g/mol. The van der Waals surface area contributed by atoms with Crippen LogP contribution in [0.2, 0.25) is 0 Å². The molecule has 1 aromatic heterocycles. The Morgan fingerprint density at radius 1 is 1.17 bits per heavy atom. The number of halogens is 1. The molecule has 0 spiro atoms. The number of nitrogens with one attached hydrogen (secondary N) is 1. The van der Waals surface area contributed by atoms with Gasteiger partial charge in [-0.05, 0) is 42.7 Å². The molecule has 1 aliphatic heterocycles. The number of hydrogen-bond acceptors (Lipinski definition) is 4. The van der Waals surface area contributed by atoms with Crippen molar-refractivity contribution in [1.29, 1.82) is 0 Å². The van der Waals surface area contributed by atoms with Crippen molar-refractivity contribution in [2.45, 2.75) is 39.3 Å². The second-order valence-corrected chi connectivity index (χ2v) is 8.41. The fourth-order valence-corrected chi connectivity index (χ4v) is 4.53.